The van der Waals surface area contributed by atoms with Crippen molar-refractivity contribution in [3.8, 4) is 5.75 Å². The van der Waals surface area contributed by atoms with Crippen LogP contribution in [0.4, 0.5) is 0 Å². The summed E-state index contributed by atoms with van der Waals surface area (Å²) >= 11 is 8.66. The number of fused-ring (bicyclic) bond motifs is 1. The highest BCUT2D eigenvalue weighted by Gasteiger charge is 2.57. The number of hydrogen-bond donors (Lipinski definition) is 0. The largest absolute Gasteiger partial charge is 0.496 e. The van der Waals surface area contributed by atoms with Crippen LogP contribution in [-0.4, -0.2) is 47.6 Å². The SMILES string of the molecule is COc1ccc(Br)cc1CN(C)C(=O)C1CSC2(c3ccc(Br)cc3)CCC(=O)N12. The maximum absolute atomic E-state index is 13.4. The molecular formula is C22H22Br2N2O3S. The fourth-order valence-corrected chi connectivity index (χ4v) is 6.61. The third kappa shape index (κ3) is 3.78. The molecule has 2 amide bonds. The number of ether oxygens (including phenoxy) is 1. The minimum Gasteiger partial charge on any atom is -0.496 e. The Kier molecular flexibility index (Phi) is 6.19. The predicted octanol–water partition coefficient (Wildman–Crippen LogP) is 4.77. The maximum Gasteiger partial charge on any atom is 0.246 e. The first-order valence-electron chi connectivity index (χ1n) is 9.65. The first-order chi connectivity index (χ1) is 14.4. The molecule has 2 unspecified atom stereocenters. The summed E-state index contributed by atoms with van der Waals surface area (Å²) in [6.45, 7) is 0.413. The van der Waals surface area contributed by atoms with E-state index in [0.717, 1.165) is 32.2 Å². The molecule has 0 radical (unpaired) electrons. The molecule has 0 saturated carbocycles. The predicted molar refractivity (Wildman–Crippen MR) is 125 cm³/mol. The Labute approximate surface area is 197 Å². The number of nitrogens with zero attached hydrogens (tertiary/aromatic N) is 2. The average Bonchev–Trinajstić information content (AvgIpc) is 3.27. The van der Waals surface area contributed by atoms with Crippen LogP contribution in [0.3, 0.4) is 0 Å². The van der Waals surface area contributed by atoms with E-state index in [1.807, 2.05) is 47.4 Å². The molecule has 2 aromatic carbocycles. The van der Waals surface area contributed by atoms with E-state index in [4.69, 9.17) is 4.74 Å². The second kappa shape index (κ2) is 8.55. The van der Waals surface area contributed by atoms with E-state index in [2.05, 4.69) is 31.9 Å². The number of likely N-dealkylation sites (N-methyl/N-ethyl adjacent to an activating group) is 1. The van der Waals surface area contributed by atoms with Gasteiger partial charge in [0, 0.05) is 40.3 Å². The highest BCUT2D eigenvalue weighted by Crippen LogP contribution is 2.54. The zero-order valence-electron chi connectivity index (χ0n) is 16.7. The lowest BCUT2D eigenvalue weighted by atomic mass is 10.0. The van der Waals surface area contributed by atoms with Crippen LogP contribution in [-0.2, 0) is 21.0 Å². The molecule has 2 heterocycles. The summed E-state index contributed by atoms with van der Waals surface area (Å²) in [7, 11) is 3.41. The Bertz CT molecular complexity index is 985. The quantitative estimate of drug-likeness (QED) is 0.535. The van der Waals surface area contributed by atoms with Gasteiger partial charge in [0.2, 0.25) is 11.8 Å². The number of thioether (sulfide) groups is 1. The number of halogens is 2. The lowest BCUT2D eigenvalue weighted by Gasteiger charge is -2.35. The van der Waals surface area contributed by atoms with Gasteiger partial charge in [-0.15, -0.1) is 11.8 Å². The topological polar surface area (TPSA) is 49.9 Å². The molecule has 5 nitrogen and oxygen atoms in total. The molecule has 4 rings (SSSR count). The molecule has 0 N–H and O–H groups in total. The summed E-state index contributed by atoms with van der Waals surface area (Å²) in [6, 6.07) is 13.4. The molecular weight excluding hydrogens is 532 g/mol. The van der Waals surface area contributed by atoms with Gasteiger partial charge in [-0.1, -0.05) is 44.0 Å². The summed E-state index contributed by atoms with van der Waals surface area (Å²) in [5.41, 5.74) is 1.99. The zero-order valence-corrected chi connectivity index (χ0v) is 20.7. The number of rotatable bonds is 5. The van der Waals surface area contributed by atoms with Crippen molar-refractivity contribution < 1.29 is 14.3 Å². The van der Waals surface area contributed by atoms with Gasteiger partial charge in [-0.05, 0) is 42.3 Å². The van der Waals surface area contributed by atoms with Gasteiger partial charge in [-0.25, -0.2) is 0 Å². The van der Waals surface area contributed by atoms with E-state index >= 15 is 0 Å². The van der Waals surface area contributed by atoms with Crippen molar-refractivity contribution in [3.05, 3.63) is 62.5 Å². The van der Waals surface area contributed by atoms with Crippen LogP contribution in [0.2, 0.25) is 0 Å². The number of hydrogen-bond acceptors (Lipinski definition) is 4. The van der Waals surface area contributed by atoms with Crippen molar-refractivity contribution in [2.75, 3.05) is 19.9 Å². The second-order valence-corrected chi connectivity index (χ2v) is 10.7. The summed E-state index contributed by atoms with van der Waals surface area (Å²) < 4.78 is 7.37. The van der Waals surface area contributed by atoms with Crippen LogP contribution in [0.1, 0.15) is 24.0 Å². The van der Waals surface area contributed by atoms with Crippen LogP contribution in [0.5, 0.6) is 5.75 Å². The van der Waals surface area contributed by atoms with E-state index in [9.17, 15) is 9.59 Å². The minimum atomic E-state index is -0.461. The second-order valence-electron chi connectivity index (χ2n) is 7.53. The van der Waals surface area contributed by atoms with E-state index in [0.29, 0.717) is 18.7 Å². The van der Waals surface area contributed by atoms with Gasteiger partial charge in [-0.2, -0.15) is 0 Å². The molecule has 2 fully saturated rings. The molecule has 2 aliphatic rings. The Hall–Kier alpha value is -1.51. The monoisotopic (exact) mass is 552 g/mol. The van der Waals surface area contributed by atoms with Gasteiger partial charge in [0.05, 0.1) is 7.11 Å². The van der Waals surface area contributed by atoms with Crippen molar-refractivity contribution in [3.63, 3.8) is 0 Å². The Morgan fingerprint density at radius 2 is 1.93 bits per heavy atom. The van der Waals surface area contributed by atoms with Crippen molar-refractivity contribution in [1.82, 2.24) is 9.80 Å². The fraction of sp³-hybridized carbons (Fsp3) is 0.364. The first-order valence-corrected chi connectivity index (χ1v) is 12.2. The smallest absolute Gasteiger partial charge is 0.246 e. The van der Waals surface area contributed by atoms with Gasteiger partial charge in [-0.3, -0.25) is 9.59 Å². The Morgan fingerprint density at radius 3 is 2.63 bits per heavy atom. The molecule has 0 spiro atoms. The summed E-state index contributed by atoms with van der Waals surface area (Å²) in [5.74, 6) is 1.34. The lowest BCUT2D eigenvalue weighted by molar-refractivity contribution is -0.143. The number of carbonyl (C=O) groups is 2. The normalized spacial score (nSPS) is 22.9. The van der Waals surface area contributed by atoms with Gasteiger partial charge in [0.1, 0.15) is 16.7 Å². The van der Waals surface area contributed by atoms with Gasteiger partial charge < -0.3 is 14.5 Å². The lowest BCUT2D eigenvalue weighted by Crippen LogP contribution is -2.50. The third-order valence-corrected chi connectivity index (χ3v) is 8.35. The van der Waals surface area contributed by atoms with E-state index in [1.54, 1.807) is 30.8 Å². The number of benzene rings is 2. The van der Waals surface area contributed by atoms with Gasteiger partial charge in [0.25, 0.3) is 0 Å². The molecule has 0 aromatic heterocycles. The Balaban J connectivity index is 1.58. The zero-order chi connectivity index (χ0) is 21.5. The molecule has 158 valence electrons. The van der Waals surface area contributed by atoms with E-state index < -0.39 is 10.9 Å². The highest BCUT2D eigenvalue weighted by molar-refractivity contribution is 9.10. The number of amides is 2. The van der Waals surface area contributed by atoms with Gasteiger partial charge in [0.15, 0.2) is 0 Å². The Morgan fingerprint density at radius 1 is 1.23 bits per heavy atom. The van der Waals surface area contributed by atoms with Crippen molar-refractivity contribution in [2.24, 2.45) is 0 Å². The van der Waals surface area contributed by atoms with Crippen molar-refractivity contribution >= 4 is 55.4 Å². The summed E-state index contributed by atoms with van der Waals surface area (Å²) in [4.78, 5) is 29.3. The molecule has 0 aliphatic carbocycles. The van der Waals surface area contributed by atoms with E-state index in [1.165, 1.54) is 0 Å². The van der Waals surface area contributed by atoms with Crippen LogP contribution < -0.4 is 4.74 Å². The molecule has 30 heavy (non-hydrogen) atoms. The van der Waals surface area contributed by atoms with Crippen molar-refractivity contribution in [1.29, 1.82) is 0 Å². The molecule has 2 aromatic rings. The number of carbonyl (C=O) groups excluding carboxylic acids is 2. The molecule has 2 atom stereocenters. The first kappa shape index (κ1) is 21.7. The average molecular weight is 554 g/mol. The maximum atomic E-state index is 13.4. The van der Waals surface area contributed by atoms with Gasteiger partial charge >= 0.3 is 0 Å². The van der Waals surface area contributed by atoms with Crippen LogP contribution in [0.25, 0.3) is 0 Å². The van der Waals surface area contributed by atoms with Crippen LogP contribution in [0, 0.1) is 0 Å². The molecule has 2 aliphatic heterocycles. The number of methoxy groups -OCH3 is 1. The minimum absolute atomic E-state index is 0.0428. The molecule has 0 bridgehead atoms. The highest BCUT2D eigenvalue weighted by atomic mass is 79.9. The van der Waals surface area contributed by atoms with Crippen LogP contribution >= 0.6 is 43.6 Å². The summed E-state index contributed by atoms with van der Waals surface area (Å²) in [6.07, 6.45) is 1.20. The molecule has 8 heteroatoms. The fourth-order valence-electron chi connectivity index (χ4n) is 4.29. The standard InChI is InChI=1S/C22H22Br2N2O3S/c1-25(12-14-11-17(24)7-8-19(14)29-2)21(28)18-13-30-22(10-9-20(27)26(18)22)15-3-5-16(23)6-4-15/h3-8,11,18H,9-10,12-13H2,1-2H3. The summed E-state index contributed by atoms with van der Waals surface area (Å²) in [5, 5.41) is 0. The van der Waals surface area contributed by atoms with Crippen molar-refractivity contribution in [2.45, 2.75) is 30.3 Å². The third-order valence-electron chi connectivity index (χ3n) is 5.73. The van der Waals surface area contributed by atoms with E-state index in [-0.39, 0.29) is 11.8 Å². The molecule has 2 saturated heterocycles. The van der Waals surface area contributed by atoms with Crippen LogP contribution in [0.15, 0.2) is 51.4 Å².